The smallest absolute Gasteiger partial charge is 0.309 e. The molecule has 0 heterocycles. The SMILES string of the molecule is COc1ccc(CNC(=O)C(=O)NCc2ccc(OC)c(OC)c2)cc1. The standard InChI is InChI=1S/C19H22N2O5/c1-24-15-7-4-13(5-8-15)11-20-18(22)19(23)21-12-14-6-9-16(25-2)17(10-14)26-3/h4-10H,11-12H2,1-3H3,(H,20,22)(H,21,23). The number of carbonyl (C=O) groups excluding carboxylic acids is 2. The van der Waals surface area contributed by atoms with Gasteiger partial charge in [0.15, 0.2) is 11.5 Å². The Labute approximate surface area is 152 Å². The van der Waals surface area contributed by atoms with Crippen molar-refractivity contribution in [1.82, 2.24) is 10.6 Å². The number of carbonyl (C=O) groups is 2. The molecule has 0 saturated carbocycles. The number of hydrogen-bond donors (Lipinski definition) is 2. The van der Waals surface area contributed by atoms with E-state index in [0.29, 0.717) is 11.5 Å². The van der Waals surface area contributed by atoms with Crippen LogP contribution in [-0.2, 0) is 22.7 Å². The van der Waals surface area contributed by atoms with Crippen LogP contribution in [0.5, 0.6) is 17.2 Å². The molecule has 2 amide bonds. The van der Waals surface area contributed by atoms with Crippen molar-refractivity contribution in [3.63, 3.8) is 0 Å². The lowest BCUT2D eigenvalue weighted by atomic mass is 10.2. The van der Waals surface area contributed by atoms with Crippen LogP contribution in [0.15, 0.2) is 42.5 Å². The van der Waals surface area contributed by atoms with E-state index in [1.54, 1.807) is 44.6 Å². The molecule has 0 aromatic heterocycles. The van der Waals surface area contributed by atoms with E-state index in [0.717, 1.165) is 16.9 Å². The molecule has 0 bridgehead atoms. The Bertz CT molecular complexity index is 759. The Balaban J connectivity index is 1.84. The maximum absolute atomic E-state index is 11.9. The fraction of sp³-hybridized carbons (Fsp3) is 0.263. The van der Waals surface area contributed by atoms with Gasteiger partial charge in [0.1, 0.15) is 5.75 Å². The second-order valence-corrected chi connectivity index (χ2v) is 5.40. The molecule has 0 aliphatic heterocycles. The number of nitrogens with one attached hydrogen (secondary N) is 2. The van der Waals surface area contributed by atoms with Crippen LogP contribution in [0, 0.1) is 0 Å². The zero-order chi connectivity index (χ0) is 18.9. The van der Waals surface area contributed by atoms with Crippen LogP contribution in [-0.4, -0.2) is 33.1 Å². The predicted octanol–water partition coefficient (Wildman–Crippen LogP) is 1.64. The number of ether oxygens (including phenoxy) is 3. The molecule has 0 aliphatic carbocycles. The van der Waals surface area contributed by atoms with Crippen molar-refractivity contribution in [2.24, 2.45) is 0 Å². The summed E-state index contributed by atoms with van der Waals surface area (Å²) in [5.74, 6) is 0.491. The molecule has 0 unspecified atom stereocenters. The summed E-state index contributed by atoms with van der Waals surface area (Å²) in [6, 6.07) is 12.5. The van der Waals surface area contributed by atoms with E-state index in [2.05, 4.69) is 10.6 Å². The normalized spacial score (nSPS) is 9.96. The fourth-order valence-corrected chi connectivity index (χ4v) is 2.26. The third kappa shape index (κ3) is 5.14. The van der Waals surface area contributed by atoms with E-state index in [1.165, 1.54) is 7.11 Å². The number of rotatable bonds is 7. The Kier molecular flexibility index (Phi) is 6.84. The molecular formula is C19H22N2O5. The van der Waals surface area contributed by atoms with Crippen LogP contribution < -0.4 is 24.8 Å². The molecule has 0 aliphatic rings. The fourth-order valence-electron chi connectivity index (χ4n) is 2.26. The van der Waals surface area contributed by atoms with Crippen LogP contribution >= 0.6 is 0 Å². The highest BCUT2D eigenvalue weighted by atomic mass is 16.5. The number of hydrogen-bond acceptors (Lipinski definition) is 5. The maximum atomic E-state index is 11.9. The first kappa shape index (κ1) is 19.1. The summed E-state index contributed by atoms with van der Waals surface area (Å²) < 4.78 is 15.4. The number of amides is 2. The molecule has 138 valence electrons. The van der Waals surface area contributed by atoms with Gasteiger partial charge >= 0.3 is 11.8 Å². The van der Waals surface area contributed by atoms with E-state index in [4.69, 9.17) is 14.2 Å². The van der Waals surface area contributed by atoms with Crippen LogP contribution in [0.3, 0.4) is 0 Å². The van der Waals surface area contributed by atoms with Crippen molar-refractivity contribution in [2.45, 2.75) is 13.1 Å². The van der Waals surface area contributed by atoms with Crippen molar-refractivity contribution in [2.75, 3.05) is 21.3 Å². The highest BCUT2D eigenvalue weighted by molar-refractivity contribution is 6.35. The molecule has 2 aromatic rings. The Hall–Kier alpha value is -3.22. The van der Waals surface area contributed by atoms with Gasteiger partial charge in [0.2, 0.25) is 0 Å². The second kappa shape index (κ2) is 9.31. The third-order valence-corrected chi connectivity index (χ3v) is 3.72. The molecule has 2 rings (SSSR count). The maximum Gasteiger partial charge on any atom is 0.309 e. The highest BCUT2D eigenvalue weighted by Crippen LogP contribution is 2.27. The van der Waals surface area contributed by atoms with Gasteiger partial charge in [-0.2, -0.15) is 0 Å². The molecule has 0 saturated heterocycles. The average molecular weight is 358 g/mol. The summed E-state index contributed by atoms with van der Waals surface area (Å²) in [4.78, 5) is 23.8. The molecule has 0 spiro atoms. The summed E-state index contributed by atoms with van der Waals surface area (Å²) in [6.45, 7) is 0.460. The first-order valence-corrected chi connectivity index (χ1v) is 7.97. The zero-order valence-corrected chi connectivity index (χ0v) is 15.0. The van der Waals surface area contributed by atoms with Crippen molar-refractivity contribution >= 4 is 11.8 Å². The Morgan fingerprint density at radius 1 is 0.731 bits per heavy atom. The molecular weight excluding hydrogens is 336 g/mol. The summed E-state index contributed by atoms with van der Waals surface area (Å²) in [5, 5.41) is 5.15. The number of benzene rings is 2. The zero-order valence-electron chi connectivity index (χ0n) is 15.0. The van der Waals surface area contributed by atoms with Gasteiger partial charge < -0.3 is 24.8 Å². The molecule has 0 atom stereocenters. The van der Waals surface area contributed by atoms with Crippen molar-refractivity contribution in [3.05, 3.63) is 53.6 Å². The summed E-state index contributed by atoms with van der Waals surface area (Å²) in [7, 11) is 4.67. The lowest BCUT2D eigenvalue weighted by Crippen LogP contribution is -2.39. The van der Waals surface area contributed by atoms with Gasteiger partial charge in [0.25, 0.3) is 0 Å². The van der Waals surface area contributed by atoms with Crippen molar-refractivity contribution in [3.8, 4) is 17.2 Å². The van der Waals surface area contributed by atoms with Crippen molar-refractivity contribution in [1.29, 1.82) is 0 Å². The Morgan fingerprint density at radius 3 is 1.81 bits per heavy atom. The van der Waals surface area contributed by atoms with E-state index in [1.807, 2.05) is 12.1 Å². The monoisotopic (exact) mass is 358 g/mol. The quantitative estimate of drug-likeness (QED) is 0.735. The first-order chi connectivity index (χ1) is 12.6. The van der Waals surface area contributed by atoms with Crippen LogP contribution in [0.1, 0.15) is 11.1 Å². The van der Waals surface area contributed by atoms with Crippen LogP contribution in [0.4, 0.5) is 0 Å². The highest BCUT2D eigenvalue weighted by Gasteiger charge is 2.13. The average Bonchev–Trinajstić information content (AvgIpc) is 2.70. The molecule has 2 aromatic carbocycles. The molecule has 0 fully saturated rings. The molecule has 26 heavy (non-hydrogen) atoms. The lowest BCUT2D eigenvalue weighted by Gasteiger charge is -2.10. The molecule has 0 radical (unpaired) electrons. The van der Waals surface area contributed by atoms with Gasteiger partial charge in [0.05, 0.1) is 21.3 Å². The van der Waals surface area contributed by atoms with Gasteiger partial charge in [-0.3, -0.25) is 9.59 Å². The Morgan fingerprint density at radius 2 is 1.27 bits per heavy atom. The molecule has 2 N–H and O–H groups in total. The van der Waals surface area contributed by atoms with E-state index < -0.39 is 11.8 Å². The van der Waals surface area contributed by atoms with E-state index in [-0.39, 0.29) is 13.1 Å². The minimum Gasteiger partial charge on any atom is -0.497 e. The minimum absolute atomic E-state index is 0.204. The number of methoxy groups -OCH3 is 3. The minimum atomic E-state index is -0.701. The van der Waals surface area contributed by atoms with E-state index >= 15 is 0 Å². The first-order valence-electron chi connectivity index (χ1n) is 7.97. The van der Waals surface area contributed by atoms with Crippen molar-refractivity contribution < 1.29 is 23.8 Å². The molecule has 7 nitrogen and oxygen atoms in total. The summed E-state index contributed by atoms with van der Waals surface area (Å²) in [5.41, 5.74) is 1.66. The van der Waals surface area contributed by atoms with Gasteiger partial charge in [-0.25, -0.2) is 0 Å². The summed E-state index contributed by atoms with van der Waals surface area (Å²) in [6.07, 6.45) is 0. The van der Waals surface area contributed by atoms with Gasteiger partial charge in [-0.15, -0.1) is 0 Å². The molecule has 7 heteroatoms. The van der Waals surface area contributed by atoms with Gasteiger partial charge in [-0.05, 0) is 35.4 Å². The largest absolute Gasteiger partial charge is 0.497 e. The van der Waals surface area contributed by atoms with Gasteiger partial charge in [0, 0.05) is 13.1 Å². The lowest BCUT2D eigenvalue weighted by molar-refractivity contribution is -0.139. The third-order valence-electron chi connectivity index (χ3n) is 3.72. The topological polar surface area (TPSA) is 85.9 Å². The van der Waals surface area contributed by atoms with Crippen LogP contribution in [0.25, 0.3) is 0 Å². The van der Waals surface area contributed by atoms with E-state index in [9.17, 15) is 9.59 Å². The predicted molar refractivity (Wildman–Crippen MR) is 96.2 cm³/mol. The summed E-state index contributed by atoms with van der Waals surface area (Å²) >= 11 is 0. The van der Waals surface area contributed by atoms with Gasteiger partial charge in [-0.1, -0.05) is 18.2 Å². The van der Waals surface area contributed by atoms with Crippen LogP contribution in [0.2, 0.25) is 0 Å². The second-order valence-electron chi connectivity index (χ2n) is 5.40.